The van der Waals surface area contributed by atoms with Crippen LogP contribution < -0.4 is 0 Å². The van der Waals surface area contributed by atoms with Gasteiger partial charge < -0.3 is 14.4 Å². The molecule has 21 heavy (non-hydrogen) atoms. The van der Waals surface area contributed by atoms with Crippen LogP contribution >= 0.6 is 0 Å². The van der Waals surface area contributed by atoms with Crippen molar-refractivity contribution >= 4 is 5.91 Å². The van der Waals surface area contributed by atoms with Crippen molar-refractivity contribution in [2.24, 2.45) is 11.8 Å². The monoisotopic (exact) mass is 290 g/mol. The van der Waals surface area contributed by atoms with Gasteiger partial charge in [0.15, 0.2) is 5.76 Å². The number of nitrogens with zero attached hydrogens (tertiary/aromatic N) is 2. The molecule has 1 N–H and O–H groups in total. The van der Waals surface area contributed by atoms with E-state index in [0.717, 1.165) is 38.5 Å². The number of hydrogen-bond donors (Lipinski definition) is 1. The van der Waals surface area contributed by atoms with Crippen LogP contribution in [0.4, 0.5) is 0 Å². The first-order valence-corrected chi connectivity index (χ1v) is 7.89. The summed E-state index contributed by atoms with van der Waals surface area (Å²) in [5.74, 6) is 1.62. The second kappa shape index (κ2) is 4.85. The lowest BCUT2D eigenvalue weighted by atomic mass is 9.84. The second-order valence-electron chi connectivity index (χ2n) is 6.96. The Bertz CT molecular complexity index is 518. The van der Waals surface area contributed by atoms with Gasteiger partial charge in [-0.2, -0.15) is 0 Å². The van der Waals surface area contributed by atoms with Gasteiger partial charge in [-0.15, -0.1) is 0 Å². The number of aliphatic hydroxyl groups excluding tert-OH is 1. The number of furan rings is 1. The summed E-state index contributed by atoms with van der Waals surface area (Å²) in [7, 11) is 0. The average Bonchev–Trinajstić information content (AvgIpc) is 2.98. The molecular formula is C16H22N2O3. The molecule has 4 rings (SSSR count). The maximum Gasteiger partial charge on any atom is 0.289 e. The second-order valence-corrected chi connectivity index (χ2v) is 6.96. The van der Waals surface area contributed by atoms with Gasteiger partial charge in [-0.1, -0.05) is 0 Å². The molecule has 1 atom stereocenters. The normalized spacial score (nSPS) is 28.0. The lowest BCUT2D eigenvalue weighted by Crippen LogP contribution is -2.69. The Kier molecular flexibility index (Phi) is 3.08. The van der Waals surface area contributed by atoms with Crippen LogP contribution in [0.2, 0.25) is 0 Å². The van der Waals surface area contributed by atoms with E-state index >= 15 is 0 Å². The maximum atomic E-state index is 12.3. The topological polar surface area (TPSA) is 56.9 Å². The van der Waals surface area contributed by atoms with Crippen LogP contribution in [0, 0.1) is 11.8 Å². The zero-order chi connectivity index (χ0) is 14.4. The van der Waals surface area contributed by atoms with E-state index in [4.69, 9.17) is 4.42 Å². The van der Waals surface area contributed by atoms with E-state index in [1.54, 1.807) is 18.4 Å². The predicted octanol–water partition coefficient (Wildman–Crippen LogP) is 1.20. The third kappa shape index (κ3) is 2.28. The highest BCUT2D eigenvalue weighted by Gasteiger charge is 2.55. The van der Waals surface area contributed by atoms with E-state index in [-0.39, 0.29) is 18.1 Å². The van der Waals surface area contributed by atoms with Gasteiger partial charge in [0, 0.05) is 32.8 Å². The molecule has 3 aliphatic rings. The quantitative estimate of drug-likeness (QED) is 0.905. The third-order valence-corrected chi connectivity index (χ3v) is 5.24. The average molecular weight is 290 g/mol. The van der Waals surface area contributed by atoms with E-state index in [1.807, 2.05) is 4.90 Å². The zero-order valence-corrected chi connectivity index (χ0v) is 12.2. The van der Waals surface area contributed by atoms with E-state index in [0.29, 0.717) is 11.7 Å². The van der Waals surface area contributed by atoms with Gasteiger partial charge in [0.2, 0.25) is 0 Å². The summed E-state index contributed by atoms with van der Waals surface area (Å²) in [5, 5.41) is 9.49. The van der Waals surface area contributed by atoms with Crippen molar-refractivity contribution in [2.75, 3.05) is 32.8 Å². The van der Waals surface area contributed by atoms with E-state index in [1.165, 1.54) is 12.8 Å². The van der Waals surface area contributed by atoms with Gasteiger partial charge >= 0.3 is 0 Å². The SMILES string of the molecule is O=C(c1ccco1)N1CC2(CC(CO)CN2CC2CC2)C1. The van der Waals surface area contributed by atoms with Gasteiger partial charge in [0.1, 0.15) is 0 Å². The van der Waals surface area contributed by atoms with Gasteiger partial charge in [0.05, 0.1) is 11.8 Å². The Labute approximate surface area is 124 Å². The minimum Gasteiger partial charge on any atom is -0.459 e. The third-order valence-electron chi connectivity index (χ3n) is 5.24. The summed E-state index contributed by atoms with van der Waals surface area (Å²) < 4.78 is 5.20. The minimum atomic E-state index is -0.00977. The lowest BCUT2D eigenvalue weighted by molar-refractivity contribution is -0.0215. The van der Waals surface area contributed by atoms with E-state index in [2.05, 4.69) is 4.90 Å². The van der Waals surface area contributed by atoms with Crippen molar-refractivity contribution < 1.29 is 14.3 Å². The Morgan fingerprint density at radius 2 is 2.19 bits per heavy atom. The molecule has 2 saturated heterocycles. The van der Waals surface area contributed by atoms with Crippen LogP contribution in [0.5, 0.6) is 0 Å². The Balaban J connectivity index is 1.44. The van der Waals surface area contributed by atoms with Gasteiger partial charge in [-0.05, 0) is 43.2 Å². The summed E-state index contributed by atoms with van der Waals surface area (Å²) in [5.41, 5.74) is 0.109. The summed E-state index contributed by atoms with van der Waals surface area (Å²) >= 11 is 0. The Hall–Kier alpha value is -1.33. The molecule has 0 radical (unpaired) electrons. The van der Waals surface area contributed by atoms with Gasteiger partial charge in [0.25, 0.3) is 5.91 Å². The van der Waals surface area contributed by atoms with Crippen molar-refractivity contribution in [1.82, 2.24) is 9.80 Å². The molecule has 0 bridgehead atoms. The molecule has 5 nitrogen and oxygen atoms in total. The highest BCUT2D eigenvalue weighted by molar-refractivity contribution is 5.92. The van der Waals surface area contributed by atoms with Crippen molar-refractivity contribution in [3.63, 3.8) is 0 Å². The number of aliphatic hydroxyl groups is 1. The standard InChI is InChI=1S/C16H22N2O3/c19-9-13-6-16(18(8-13)7-12-3-4-12)10-17(11-16)15(20)14-2-1-5-21-14/h1-2,5,12-13,19H,3-4,6-11H2. The Morgan fingerprint density at radius 3 is 2.81 bits per heavy atom. The first-order valence-electron chi connectivity index (χ1n) is 7.89. The van der Waals surface area contributed by atoms with E-state index < -0.39 is 0 Å². The molecule has 5 heteroatoms. The molecule has 1 aliphatic carbocycles. The number of carbonyl (C=O) groups excluding carboxylic acids is 1. The molecule has 2 aliphatic heterocycles. The largest absolute Gasteiger partial charge is 0.459 e. The molecule has 1 aromatic heterocycles. The summed E-state index contributed by atoms with van der Waals surface area (Å²) in [6.07, 6.45) is 5.23. The molecule has 0 aromatic carbocycles. The van der Waals surface area contributed by atoms with Gasteiger partial charge in [-0.25, -0.2) is 0 Å². The molecule has 1 saturated carbocycles. The molecule has 1 aromatic rings. The fourth-order valence-electron chi connectivity index (χ4n) is 3.93. The lowest BCUT2D eigenvalue weighted by Gasteiger charge is -2.52. The molecule has 3 fully saturated rings. The number of carbonyl (C=O) groups is 1. The smallest absolute Gasteiger partial charge is 0.289 e. The van der Waals surface area contributed by atoms with Crippen molar-refractivity contribution in [1.29, 1.82) is 0 Å². The summed E-state index contributed by atoms with van der Waals surface area (Å²) in [6.45, 7) is 3.93. The summed E-state index contributed by atoms with van der Waals surface area (Å²) in [6, 6.07) is 3.47. The fraction of sp³-hybridized carbons (Fsp3) is 0.688. The molecule has 1 amide bonds. The van der Waals surface area contributed by atoms with Crippen LogP contribution in [-0.2, 0) is 0 Å². The number of rotatable bonds is 4. The van der Waals surface area contributed by atoms with Crippen LogP contribution in [0.25, 0.3) is 0 Å². The fourth-order valence-corrected chi connectivity index (χ4v) is 3.93. The van der Waals surface area contributed by atoms with Gasteiger partial charge in [-0.3, -0.25) is 9.69 Å². The molecule has 114 valence electrons. The van der Waals surface area contributed by atoms with Crippen LogP contribution in [0.3, 0.4) is 0 Å². The van der Waals surface area contributed by atoms with Crippen LogP contribution in [0.1, 0.15) is 29.8 Å². The first-order chi connectivity index (χ1) is 10.2. The highest BCUT2D eigenvalue weighted by Crippen LogP contribution is 2.43. The number of hydrogen-bond acceptors (Lipinski definition) is 4. The minimum absolute atomic E-state index is 0.00977. The first kappa shape index (κ1) is 13.3. The van der Waals surface area contributed by atoms with Crippen molar-refractivity contribution in [3.05, 3.63) is 24.2 Å². The maximum absolute atomic E-state index is 12.3. The molecule has 1 spiro atoms. The highest BCUT2D eigenvalue weighted by atomic mass is 16.3. The van der Waals surface area contributed by atoms with E-state index in [9.17, 15) is 9.90 Å². The van der Waals surface area contributed by atoms with Crippen LogP contribution in [0.15, 0.2) is 22.8 Å². The molecule has 3 heterocycles. The predicted molar refractivity (Wildman–Crippen MR) is 76.8 cm³/mol. The van der Waals surface area contributed by atoms with Crippen LogP contribution in [-0.4, -0.2) is 59.1 Å². The molecular weight excluding hydrogens is 268 g/mol. The van der Waals surface area contributed by atoms with Crippen molar-refractivity contribution in [2.45, 2.75) is 24.8 Å². The zero-order valence-electron chi connectivity index (χ0n) is 12.2. The van der Waals surface area contributed by atoms with Crippen molar-refractivity contribution in [3.8, 4) is 0 Å². The Morgan fingerprint density at radius 1 is 1.38 bits per heavy atom. The number of amides is 1. The number of likely N-dealkylation sites (tertiary alicyclic amines) is 2. The summed E-state index contributed by atoms with van der Waals surface area (Å²) in [4.78, 5) is 16.7. The molecule has 1 unspecified atom stereocenters.